The molecule has 0 saturated carbocycles. The number of rotatable bonds is 3. The summed E-state index contributed by atoms with van der Waals surface area (Å²) in [4.78, 5) is 27.7. The number of thiazole rings is 1. The Morgan fingerprint density at radius 3 is 2.65 bits per heavy atom. The molecule has 0 aliphatic heterocycles. The van der Waals surface area contributed by atoms with Crippen molar-refractivity contribution in [2.75, 3.05) is 10.6 Å². The van der Waals surface area contributed by atoms with Gasteiger partial charge in [-0.2, -0.15) is 0 Å². The van der Waals surface area contributed by atoms with Crippen LogP contribution in [-0.4, -0.2) is 22.1 Å². The number of aromatic nitrogens is 1. The summed E-state index contributed by atoms with van der Waals surface area (Å²) in [6.45, 7) is 1.88. The van der Waals surface area contributed by atoms with E-state index in [2.05, 4.69) is 31.5 Å². The number of carboxylic acids is 1. The smallest absolute Gasteiger partial charge is 0.335 e. The number of anilines is 2. The van der Waals surface area contributed by atoms with Gasteiger partial charge in [0.25, 0.3) is 0 Å². The maximum atomic E-state index is 11.8. The van der Waals surface area contributed by atoms with Crippen LogP contribution in [-0.2, 0) is 0 Å². The van der Waals surface area contributed by atoms with Crippen molar-refractivity contribution in [1.82, 2.24) is 4.98 Å². The van der Waals surface area contributed by atoms with Crippen LogP contribution in [0.1, 0.15) is 15.2 Å². The van der Waals surface area contributed by atoms with Crippen molar-refractivity contribution in [3.8, 4) is 0 Å². The zero-order valence-corrected chi connectivity index (χ0v) is 12.7. The average molecular weight is 356 g/mol. The van der Waals surface area contributed by atoms with Gasteiger partial charge in [0, 0.05) is 21.2 Å². The Bertz CT molecular complexity index is 672. The predicted molar refractivity (Wildman–Crippen MR) is 80.6 cm³/mol. The van der Waals surface area contributed by atoms with Crippen LogP contribution in [0.15, 0.2) is 28.9 Å². The molecule has 0 unspecified atom stereocenters. The molecule has 2 rings (SSSR count). The Morgan fingerprint density at radius 1 is 1.30 bits per heavy atom. The molecule has 0 bridgehead atoms. The fourth-order valence-electron chi connectivity index (χ4n) is 1.46. The van der Waals surface area contributed by atoms with Crippen LogP contribution in [0.4, 0.5) is 15.6 Å². The summed E-state index contributed by atoms with van der Waals surface area (Å²) in [6.07, 6.45) is 1.65. The van der Waals surface area contributed by atoms with Crippen LogP contribution >= 0.6 is 27.3 Å². The summed E-state index contributed by atoms with van der Waals surface area (Å²) in [5.41, 5.74) is 0.460. The lowest BCUT2D eigenvalue weighted by atomic mass is 10.2. The summed E-state index contributed by atoms with van der Waals surface area (Å²) in [7, 11) is 0. The topological polar surface area (TPSA) is 91.3 Å². The predicted octanol–water partition coefficient (Wildman–Crippen LogP) is 3.56. The number of hydrogen-bond acceptors (Lipinski definition) is 4. The highest BCUT2D eigenvalue weighted by atomic mass is 79.9. The van der Waals surface area contributed by atoms with Gasteiger partial charge in [-0.3, -0.25) is 5.32 Å². The van der Waals surface area contributed by atoms with Crippen LogP contribution in [0.25, 0.3) is 0 Å². The maximum absolute atomic E-state index is 11.8. The summed E-state index contributed by atoms with van der Waals surface area (Å²) in [5.74, 6) is -1.06. The number of benzene rings is 1. The minimum Gasteiger partial charge on any atom is -0.478 e. The van der Waals surface area contributed by atoms with E-state index in [0.717, 1.165) is 4.88 Å². The van der Waals surface area contributed by atoms with Crippen molar-refractivity contribution in [1.29, 1.82) is 0 Å². The zero-order chi connectivity index (χ0) is 14.7. The molecule has 6 nitrogen and oxygen atoms in total. The number of aromatic carboxylic acids is 1. The number of aryl methyl sites for hydroxylation is 1. The molecule has 1 aromatic heterocycles. The van der Waals surface area contributed by atoms with E-state index in [-0.39, 0.29) is 5.56 Å². The van der Waals surface area contributed by atoms with E-state index in [0.29, 0.717) is 15.3 Å². The highest BCUT2D eigenvalue weighted by Crippen LogP contribution is 2.21. The minimum absolute atomic E-state index is 0.0831. The lowest BCUT2D eigenvalue weighted by Gasteiger charge is -2.07. The summed E-state index contributed by atoms with van der Waals surface area (Å²) in [5, 5.41) is 14.6. The van der Waals surface area contributed by atoms with E-state index >= 15 is 0 Å². The Hall–Kier alpha value is -1.93. The first kappa shape index (κ1) is 14.5. The van der Waals surface area contributed by atoms with Crippen molar-refractivity contribution in [3.05, 3.63) is 39.3 Å². The summed E-state index contributed by atoms with van der Waals surface area (Å²) < 4.78 is 0.567. The highest BCUT2D eigenvalue weighted by Gasteiger charge is 2.09. The molecule has 0 fully saturated rings. The molecule has 8 heteroatoms. The van der Waals surface area contributed by atoms with Gasteiger partial charge in [-0.15, -0.1) is 11.3 Å². The summed E-state index contributed by atoms with van der Waals surface area (Å²) >= 11 is 4.55. The molecule has 0 aliphatic rings. The molecule has 2 amide bonds. The number of urea groups is 1. The third-order valence-corrected chi connectivity index (χ3v) is 3.53. The van der Waals surface area contributed by atoms with Crippen LogP contribution in [0.5, 0.6) is 0 Å². The van der Waals surface area contributed by atoms with Gasteiger partial charge in [-0.25, -0.2) is 14.6 Å². The molecular weight excluding hydrogens is 346 g/mol. The SMILES string of the molecule is Cc1cnc(NC(=O)Nc2cc(Br)cc(C(=O)O)c2)s1. The molecule has 0 saturated heterocycles. The van der Waals surface area contributed by atoms with E-state index in [1.807, 2.05) is 6.92 Å². The maximum Gasteiger partial charge on any atom is 0.335 e. The minimum atomic E-state index is -1.06. The number of carboxylic acid groups (broad SMARTS) is 1. The normalized spacial score (nSPS) is 10.1. The Labute approximate surface area is 127 Å². The average Bonchev–Trinajstić information content (AvgIpc) is 2.73. The largest absolute Gasteiger partial charge is 0.478 e. The quantitative estimate of drug-likeness (QED) is 0.784. The van der Waals surface area contributed by atoms with Crippen molar-refractivity contribution < 1.29 is 14.7 Å². The molecule has 20 heavy (non-hydrogen) atoms. The van der Waals surface area contributed by atoms with Gasteiger partial charge >= 0.3 is 12.0 Å². The number of halogens is 1. The number of nitrogens with zero attached hydrogens (tertiary/aromatic N) is 1. The second-order valence-electron chi connectivity index (χ2n) is 3.89. The van der Waals surface area contributed by atoms with Crippen molar-refractivity contribution in [2.45, 2.75) is 6.92 Å². The lowest BCUT2D eigenvalue weighted by molar-refractivity contribution is 0.0697. The second-order valence-corrected chi connectivity index (χ2v) is 6.04. The van der Waals surface area contributed by atoms with Gasteiger partial charge in [0.2, 0.25) is 0 Å². The van der Waals surface area contributed by atoms with Gasteiger partial charge < -0.3 is 10.4 Å². The van der Waals surface area contributed by atoms with Gasteiger partial charge in [0.05, 0.1) is 5.56 Å². The van der Waals surface area contributed by atoms with Gasteiger partial charge in [0.15, 0.2) is 5.13 Å². The van der Waals surface area contributed by atoms with E-state index < -0.39 is 12.0 Å². The molecular formula is C12H10BrN3O3S. The number of amides is 2. The van der Waals surface area contributed by atoms with Crippen molar-refractivity contribution in [3.63, 3.8) is 0 Å². The molecule has 0 atom stereocenters. The number of carbonyl (C=O) groups is 2. The highest BCUT2D eigenvalue weighted by molar-refractivity contribution is 9.10. The monoisotopic (exact) mass is 355 g/mol. The van der Waals surface area contributed by atoms with Crippen LogP contribution in [0, 0.1) is 6.92 Å². The van der Waals surface area contributed by atoms with Gasteiger partial charge in [-0.1, -0.05) is 15.9 Å². The third-order valence-electron chi connectivity index (χ3n) is 2.24. The van der Waals surface area contributed by atoms with Gasteiger partial charge in [-0.05, 0) is 25.1 Å². The van der Waals surface area contributed by atoms with E-state index in [9.17, 15) is 9.59 Å². The first-order valence-electron chi connectivity index (χ1n) is 5.48. The van der Waals surface area contributed by atoms with Gasteiger partial charge in [0.1, 0.15) is 0 Å². The molecule has 1 aromatic carbocycles. The standard InChI is InChI=1S/C12H10BrN3O3S/c1-6-5-14-12(20-6)16-11(19)15-9-3-7(10(17)18)2-8(13)4-9/h2-5H,1H3,(H,17,18)(H2,14,15,16,19). The Kier molecular flexibility index (Phi) is 4.35. The molecule has 0 spiro atoms. The molecule has 2 aromatic rings. The Morgan fingerprint density at radius 2 is 2.05 bits per heavy atom. The van der Waals surface area contributed by atoms with Crippen LogP contribution in [0.3, 0.4) is 0 Å². The third kappa shape index (κ3) is 3.78. The first-order valence-corrected chi connectivity index (χ1v) is 7.09. The van der Waals surface area contributed by atoms with Crippen molar-refractivity contribution in [2.24, 2.45) is 0 Å². The lowest BCUT2D eigenvalue weighted by Crippen LogP contribution is -2.19. The Balaban J connectivity index is 2.09. The number of nitrogens with one attached hydrogen (secondary N) is 2. The fraction of sp³-hybridized carbons (Fsp3) is 0.0833. The zero-order valence-electron chi connectivity index (χ0n) is 10.3. The number of hydrogen-bond donors (Lipinski definition) is 3. The molecule has 104 valence electrons. The van der Waals surface area contributed by atoms with Crippen molar-refractivity contribution >= 4 is 50.1 Å². The molecule has 0 aliphatic carbocycles. The van der Waals surface area contributed by atoms with E-state index in [1.54, 1.807) is 12.3 Å². The molecule has 3 N–H and O–H groups in total. The van der Waals surface area contributed by atoms with Crippen LogP contribution in [0.2, 0.25) is 0 Å². The molecule has 1 heterocycles. The van der Waals surface area contributed by atoms with E-state index in [4.69, 9.17) is 5.11 Å². The summed E-state index contributed by atoms with van der Waals surface area (Å²) in [6, 6.07) is 3.96. The first-order chi connectivity index (χ1) is 9.44. The van der Waals surface area contributed by atoms with E-state index in [1.165, 1.54) is 23.5 Å². The fourth-order valence-corrected chi connectivity index (χ4v) is 2.61. The second kappa shape index (κ2) is 6.02. The molecule has 0 radical (unpaired) electrons. The number of carbonyl (C=O) groups excluding carboxylic acids is 1. The van der Waals surface area contributed by atoms with Crippen LogP contribution < -0.4 is 10.6 Å².